The Hall–Kier alpha value is -2.92. The van der Waals surface area contributed by atoms with E-state index < -0.39 is 0 Å². The van der Waals surface area contributed by atoms with Gasteiger partial charge in [-0.1, -0.05) is 48.5 Å². The number of benzene rings is 2. The van der Waals surface area contributed by atoms with E-state index in [1.807, 2.05) is 12.1 Å². The summed E-state index contributed by atoms with van der Waals surface area (Å²) in [6.07, 6.45) is 4.85. The number of aromatic nitrogens is 3. The van der Waals surface area contributed by atoms with E-state index in [1.165, 1.54) is 27.6 Å². The van der Waals surface area contributed by atoms with E-state index in [0.717, 1.165) is 31.7 Å². The van der Waals surface area contributed by atoms with Crippen LogP contribution in [-0.2, 0) is 6.54 Å². The summed E-state index contributed by atoms with van der Waals surface area (Å²) in [4.78, 5) is 14.1. The molecule has 5 heteroatoms. The molecule has 0 aliphatic carbocycles. The van der Waals surface area contributed by atoms with E-state index in [-0.39, 0.29) is 5.69 Å². The zero-order valence-electron chi connectivity index (χ0n) is 13.9. The van der Waals surface area contributed by atoms with Crippen LogP contribution in [0, 0.1) is 0 Å². The second-order valence-corrected chi connectivity index (χ2v) is 6.28. The first-order valence-electron chi connectivity index (χ1n) is 8.48. The third kappa shape index (κ3) is 3.46. The van der Waals surface area contributed by atoms with Crippen LogP contribution in [0.4, 0.5) is 0 Å². The van der Waals surface area contributed by atoms with Gasteiger partial charge in [0.15, 0.2) is 0 Å². The molecule has 0 spiro atoms. The predicted octanol–water partition coefficient (Wildman–Crippen LogP) is 2.85. The molecule has 25 heavy (non-hydrogen) atoms. The van der Waals surface area contributed by atoms with Crippen molar-refractivity contribution in [3.63, 3.8) is 0 Å². The van der Waals surface area contributed by atoms with Gasteiger partial charge >= 0.3 is 5.69 Å². The van der Waals surface area contributed by atoms with Crippen molar-refractivity contribution in [1.82, 2.24) is 19.7 Å². The van der Waals surface area contributed by atoms with Gasteiger partial charge in [0, 0.05) is 19.6 Å². The molecule has 2 heterocycles. The second kappa shape index (κ2) is 6.91. The molecule has 0 atom stereocenters. The molecule has 1 N–H and O–H groups in total. The molecule has 0 bridgehead atoms. The molecule has 1 aliphatic heterocycles. The smallest absolute Gasteiger partial charge is 0.295 e. The van der Waals surface area contributed by atoms with Crippen molar-refractivity contribution in [1.29, 1.82) is 0 Å². The number of nitrogens with one attached hydrogen (secondary N) is 1. The average Bonchev–Trinajstić information content (AvgIpc) is 3.09. The number of nitrogens with zero attached hydrogens (tertiary/aromatic N) is 3. The lowest BCUT2D eigenvalue weighted by molar-refractivity contribution is 0.294. The highest BCUT2D eigenvalue weighted by atomic mass is 16.1. The molecule has 0 radical (unpaired) electrons. The topological polar surface area (TPSA) is 53.9 Å². The molecule has 0 saturated carbocycles. The van der Waals surface area contributed by atoms with Crippen molar-refractivity contribution in [2.45, 2.75) is 13.0 Å². The molecule has 0 amide bonds. The minimum atomic E-state index is -0.221. The van der Waals surface area contributed by atoms with Crippen molar-refractivity contribution in [2.75, 3.05) is 13.1 Å². The monoisotopic (exact) mass is 332 g/mol. The lowest BCUT2D eigenvalue weighted by Crippen LogP contribution is -2.27. The van der Waals surface area contributed by atoms with Gasteiger partial charge in [-0.15, -0.1) is 0 Å². The maximum atomic E-state index is 11.6. The third-order valence-corrected chi connectivity index (χ3v) is 4.61. The first-order chi connectivity index (χ1) is 12.3. The summed E-state index contributed by atoms with van der Waals surface area (Å²) in [6, 6.07) is 18.7. The summed E-state index contributed by atoms with van der Waals surface area (Å²) >= 11 is 0. The van der Waals surface area contributed by atoms with Crippen molar-refractivity contribution in [3.8, 4) is 5.69 Å². The van der Waals surface area contributed by atoms with Crippen molar-refractivity contribution in [2.24, 2.45) is 0 Å². The summed E-state index contributed by atoms with van der Waals surface area (Å²) in [6.45, 7) is 3.02. The predicted molar refractivity (Wildman–Crippen MR) is 98.5 cm³/mol. The summed E-state index contributed by atoms with van der Waals surface area (Å²) in [5.74, 6) is 0. The molecule has 4 rings (SSSR count). The Kier molecular flexibility index (Phi) is 4.31. The third-order valence-electron chi connectivity index (χ3n) is 4.61. The molecular formula is C20H20N4O. The lowest BCUT2D eigenvalue weighted by atomic mass is 9.99. The summed E-state index contributed by atoms with van der Waals surface area (Å²) in [7, 11) is 0. The van der Waals surface area contributed by atoms with Gasteiger partial charge < -0.3 is 0 Å². The highest BCUT2D eigenvalue weighted by Gasteiger charge is 2.13. The lowest BCUT2D eigenvalue weighted by Gasteiger charge is -2.26. The Morgan fingerprint density at radius 3 is 2.48 bits per heavy atom. The van der Waals surface area contributed by atoms with Gasteiger partial charge in [0.2, 0.25) is 0 Å². The van der Waals surface area contributed by atoms with Gasteiger partial charge in [0.1, 0.15) is 6.33 Å². The molecule has 126 valence electrons. The molecule has 0 unspecified atom stereocenters. The van der Waals surface area contributed by atoms with E-state index in [0.29, 0.717) is 0 Å². The molecule has 1 aliphatic rings. The number of hydrogen-bond donors (Lipinski definition) is 1. The zero-order chi connectivity index (χ0) is 17.1. The SMILES string of the molecule is O=c1[nH]ncn1-c1ccc(C2=CCN(Cc3ccccc3)CC2)cc1. The van der Waals surface area contributed by atoms with Crippen molar-refractivity contribution in [3.05, 3.63) is 88.6 Å². The normalized spacial score (nSPS) is 15.1. The van der Waals surface area contributed by atoms with Gasteiger partial charge in [-0.25, -0.2) is 14.5 Å². The Morgan fingerprint density at radius 1 is 1.04 bits per heavy atom. The maximum absolute atomic E-state index is 11.6. The molecular weight excluding hydrogens is 312 g/mol. The van der Waals surface area contributed by atoms with Gasteiger partial charge in [-0.3, -0.25) is 4.90 Å². The number of rotatable bonds is 4. The number of hydrogen-bond acceptors (Lipinski definition) is 3. The molecule has 0 fully saturated rings. The fourth-order valence-electron chi connectivity index (χ4n) is 3.23. The fourth-order valence-corrected chi connectivity index (χ4v) is 3.23. The van der Waals surface area contributed by atoms with E-state index in [9.17, 15) is 4.79 Å². The van der Waals surface area contributed by atoms with Crippen LogP contribution in [0.1, 0.15) is 17.5 Å². The highest BCUT2D eigenvalue weighted by molar-refractivity contribution is 5.67. The Morgan fingerprint density at radius 2 is 1.84 bits per heavy atom. The van der Waals surface area contributed by atoms with Crippen LogP contribution >= 0.6 is 0 Å². The Bertz CT molecular complexity index is 922. The zero-order valence-corrected chi connectivity index (χ0v) is 13.9. The van der Waals surface area contributed by atoms with Crippen molar-refractivity contribution < 1.29 is 0 Å². The molecule has 0 saturated heterocycles. The Labute approximate surface area is 146 Å². The van der Waals surface area contributed by atoms with Crippen LogP contribution in [0.3, 0.4) is 0 Å². The van der Waals surface area contributed by atoms with Crippen molar-refractivity contribution >= 4 is 5.57 Å². The van der Waals surface area contributed by atoms with Gasteiger partial charge in [-0.05, 0) is 35.3 Å². The first-order valence-corrected chi connectivity index (χ1v) is 8.48. The molecule has 3 aromatic rings. The minimum Gasteiger partial charge on any atom is -0.295 e. The van der Waals surface area contributed by atoms with E-state index in [1.54, 1.807) is 0 Å². The molecule has 1 aromatic heterocycles. The fraction of sp³-hybridized carbons (Fsp3) is 0.200. The van der Waals surface area contributed by atoms with E-state index in [2.05, 4.69) is 63.6 Å². The van der Waals surface area contributed by atoms with Crippen LogP contribution in [-0.4, -0.2) is 32.8 Å². The summed E-state index contributed by atoms with van der Waals surface area (Å²) in [5.41, 5.74) is 4.55. The van der Waals surface area contributed by atoms with Crippen LogP contribution in [0.25, 0.3) is 11.3 Å². The minimum absolute atomic E-state index is 0.221. The number of aromatic amines is 1. The molecule has 2 aromatic carbocycles. The van der Waals surface area contributed by atoms with Crippen LogP contribution in [0.5, 0.6) is 0 Å². The van der Waals surface area contributed by atoms with Crippen LogP contribution in [0.15, 0.2) is 71.8 Å². The highest BCUT2D eigenvalue weighted by Crippen LogP contribution is 2.24. The van der Waals surface area contributed by atoms with E-state index >= 15 is 0 Å². The second-order valence-electron chi connectivity index (χ2n) is 6.28. The summed E-state index contributed by atoms with van der Waals surface area (Å²) in [5, 5.41) is 6.17. The van der Waals surface area contributed by atoms with Gasteiger partial charge in [-0.2, -0.15) is 5.10 Å². The quantitative estimate of drug-likeness (QED) is 0.799. The standard InChI is InChI=1S/C20H20N4O/c25-20-22-21-15-24(20)19-8-6-17(7-9-19)18-10-12-23(13-11-18)14-16-4-2-1-3-5-16/h1-10,15H,11-14H2,(H,22,25). The largest absolute Gasteiger partial charge is 0.347 e. The number of H-pyrrole nitrogens is 1. The van der Waals surface area contributed by atoms with Gasteiger partial charge in [0.25, 0.3) is 0 Å². The van der Waals surface area contributed by atoms with Crippen LogP contribution < -0.4 is 5.69 Å². The molecule has 5 nitrogen and oxygen atoms in total. The maximum Gasteiger partial charge on any atom is 0.347 e. The Balaban J connectivity index is 1.44. The summed E-state index contributed by atoms with van der Waals surface area (Å²) < 4.78 is 1.50. The first kappa shape index (κ1) is 15.6. The van der Waals surface area contributed by atoms with E-state index in [4.69, 9.17) is 0 Å². The van der Waals surface area contributed by atoms with Crippen LogP contribution in [0.2, 0.25) is 0 Å². The average molecular weight is 332 g/mol. The van der Waals surface area contributed by atoms with Gasteiger partial charge in [0.05, 0.1) is 5.69 Å².